The van der Waals surface area contributed by atoms with Gasteiger partial charge in [-0.15, -0.1) is 0 Å². The summed E-state index contributed by atoms with van der Waals surface area (Å²) in [6, 6.07) is 14.6. The molecule has 6 rings (SSSR count). The molecular formula is C26H20N6O3. The number of aromatic nitrogens is 5. The van der Waals surface area contributed by atoms with Gasteiger partial charge in [0.1, 0.15) is 17.8 Å². The second-order valence-electron chi connectivity index (χ2n) is 8.01. The predicted molar refractivity (Wildman–Crippen MR) is 130 cm³/mol. The number of amides is 1. The number of benzene rings is 1. The summed E-state index contributed by atoms with van der Waals surface area (Å²) >= 11 is 0. The molecule has 0 aliphatic carbocycles. The van der Waals surface area contributed by atoms with Crippen molar-refractivity contribution in [2.24, 2.45) is 0 Å². The van der Waals surface area contributed by atoms with Crippen LogP contribution in [-0.2, 0) is 13.0 Å². The largest absolute Gasteiger partial charge is 0.467 e. The summed E-state index contributed by atoms with van der Waals surface area (Å²) in [6.07, 6.45) is 7.38. The van der Waals surface area contributed by atoms with Crippen molar-refractivity contribution in [3.8, 4) is 11.3 Å². The molecule has 1 amide bonds. The molecule has 0 unspecified atom stereocenters. The van der Waals surface area contributed by atoms with Crippen molar-refractivity contribution in [1.29, 1.82) is 0 Å². The van der Waals surface area contributed by atoms with Crippen molar-refractivity contribution in [1.82, 2.24) is 24.7 Å². The molecule has 0 saturated heterocycles. The number of carbonyl (C=O) groups excluding carboxylic acids is 1. The van der Waals surface area contributed by atoms with Crippen LogP contribution in [0.25, 0.3) is 33.4 Å². The molecule has 172 valence electrons. The van der Waals surface area contributed by atoms with E-state index in [1.165, 1.54) is 0 Å². The van der Waals surface area contributed by atoms with Crippen LogP contribution < -0.4 is 5.32 Å². The number of nitrogens with one attached hydrogen (secondary N) is 1. The van der Waals surface area contributed by atoms with Crippen LogP contribution in [0.15, 0.2) is 82.2 Å². The van der Waals surface area contributed by atoms with E-state index < -0.39 is 0 Å². The van der Waals surface area contributed by atoms with Crippen molar-refractivity contribution in [2.45, 2.75) is 19.9 Å². The molecule has 0 aliphatic rings. The summed E-state index contributed by atoms with van der Waals surface area (Å²) in [4.78, 5) is 26.9. The Morgan fingerprint density at radius 2 is 2.03 bits per heavy atom. The summed E-state index contributed by atoms with van der Waals surface area (Å²) in [5, 5.41) is 8.10. The number of furan rings is 1. The average molecular weight is 464 g/mol. The Bertz CT molecular complexity index is 1650. The first-order chi connectivity index (χ1) is 17.2. The summed E-state index contributed by atoms with van der Waals surface area (Å²) in [5.74, 6) is 1.12. The lowest BCUT2D eigenvalue weighted by atomic mass is 10.1. The van der Waals surface area contributed by atoms with E-state index in [0.717, 1.165) is 11.3 Å². The zero-order valence-electron chi connectivity index (χ0n) is 18.8. The summed E-state index contributed by atoms with van der Waals surface area (Å²) in [7, 11) is 0. The van der Waals surface area contributed by atoms with E-state index in [-0.39, 0.29) is 5.91 Å². The molecular weight excluding hydrogens is 444 g/mol. The van der Waals surface area contributed by atoms with Gasteiger partial charge in [0.25, 0.3) is 5.91 Å². The number of carbonyl (C=O) groups is 1. The van der Waals surface area contributed by atoms with Crippen LogP contribution in [0.3, 0.4) is 0 Å². The van der Waals surface area contributed by atoms with Gasteiger partial charge in [0.2, 0.25) is 0 Å². The van der Waals surface area contributed by atoms with E-state index in [9.17, 15) is 4.79 Å². The Kier molecular flexibility index (Phi) is 5.07. The first-order valence-electron chi connectivity index (χ1n) is 11.2. The maximum absolute atomic E-state index is 13.5. The maximum Gasteiger partial charge on any atom is 0.256 e. The minimum Gasteiger partial charge on any atom is -0.467 e. The molecule has 1 aromatic carbocycles. The zero-order valence-corrected chi connectivity index (χ0v) is 18.8. The lowest BCUT2D eigenvalue weighted by Crippen LogP contribution is -2.13. The van der Waals surface area contributed by atoms with Gasteiger partial charge in [0.15, 0.2) is 17.1 Å². The van der Waals surface area contributed by atoms with Crippen LogP contribution in [0, 0.1) is 0 Å². The molecule has 0 fully saturated rings. The van der Waals surface area contributed by atoms with Gasteiger partial charge in [-0.3, -0.25) is 9.78 Å². The number of hydrogen-bond donors (Lipinski definition) is 1. The molecule has 5 aromatic heterocycles. The molecule has 5 heterocycles. The van der Waals surface area contributed by atoms with Gasteiger partial charge in [-0.2, -0.15) is 5.10 Å². The lowest BCUT2D eigenvalue weighted by Gasteiger charge is -2.09. The number of fused-ring (bicyclic) bond motifs is 2. The third kappa shape index (κ3) is 3.93. The van der Waals surface area contributed by atoms with E-state index in [4.69, 9.17) is 13.8 Å². The molecule has 35 heavy (non-hydrogen) atoms. The summed E-state index contributed by atoms with van der Waals surface area (Å²) < 4.78 is 12.9. The van der Waals surface area contributed by atoms with Crippen LogP contribution >= 0.6 is 0 Å². The Hall–Kier alpha value is -4.79. The molecule has 9 nitrogen and oxygen atoms in total. The first-order valence-corrected chi connectivity index (χ1v) is 11.2. The van der Waals surface area contributed by atoms with E-state index >= 15 is 0 Å². The highest BCUT2D eigenvalue weighted by Crippen LogP contribution is 2.27. The van der Waals surface area contributed by atoms with Crippen LogP contribution in [0.1, 0.15) is 28.9 Å². The van der Waals surface area contributed by atoms with Crippen LogP contribution in [0.5, 0.6) is 0 Å². The topological polar surface area (TPSA) is 112 Å². The van der Waals surface area contributed by atoms with Gasteiger partial charge in [0, 0.05) is 30.1 Å². The third-order valence-electron chi connectivity index (χ3n) is 5.69. The van der Waals surface area contributed by atoms with Crippen molar-refractivity contribution in [3.05, 3.63) is 90.6 Å². The number of hydrogen-bond acceptors (Lipinski definition) is 7. The van der Waals surface area contributed by atoms with Crippen molar-refractivity contribution in [2.75, 3.05) is 5.32 Å². The average Bonchev–Trinajstić information content (AvgIpc) is 3.64. The van der Waals surface area contributed by atoms with Gasteiger partial charge in [-0.1, -0.05) is 6.92 Å². The lowest BCUT2D eigenvalue weighted by molar-refractivity contribution is 0.102. The van der Waals surface area contributed by atoms with E-state index in [0.29, 0.717) is 57.9 Å². The third-order valence-corrected chi connectivity index (χ3v) is 5.69. The van der Waals surface area contributed by atoms with Crippen molar-refractivity contribution in [3.63, 3.8) is 0 Å². The quantitative estimate of drug-likeness (QED) is 0.365. The number of rotatable bonds is 6. The second-order valence-corrected chi connectivity index (χ2v) is 8.01. The minimum absolute atomic E-state index is 0.279. The highest BCUT2D eigenvalue weighted by atomic mass is 16.3. The molecule has 6 aromatic rings. The Morgan fingerprint density at radius 1 is 1.09 bits per heavy atom. The number of oxazole rings is 1. The van der Waals surface area contributed by atoms with Crippen LogP contribution in [-0.4, -0.2) is 30.6 Å². The van der Waals surface area contributed by atoms with E-state index in [1.54, 1.807) is 47.7 Å². The van der Waals surface area contributed by atoms with Crippen molar-refractivity contribution >= 4 is 33.7 Å². The SMILES string of the molecule is CCc1nc2cc(NC(=O)c3cc(-c4cccnc4)nc4c3cnn4Cc3ccco3)ccc2o1. The fourth-order valence-corrected chi connectivity index (χ4v) is 3.97. The molecule has 0 bridgehead atoms. The van der Waals surface area contributed by atoms with Gasteiger partial charge < -0.3 is 14.2 Å². The Morgan fingerprint density at radius 3 is 2.83 bits per heavy atom. The second kappa shape index (κ2) is 8.53. The van der Waals surface area contributed by atoms with Gasteiger partial charge in [0.05, 0.1) is 29.1 Å². The number of anilines is 1. The van der Waals surface area contributed by atoms with Gasteiger partial charge in [-0.05, 0) is 48.5 Å². The van der Waals surface area contributed by atoms with Crippen LogP contribution in [0.4, 0.5) is 5.69 Å². The normalized spacial score (nSPS) is 11.3. The Labute approximate surface area is 199 Å². The number of nitrogens with zero attached hydrogens (tertiary/aromatic N) is 5. The molecule has 0 atom stereocenters. The summed E-state index contributed by atoms with van der Waals surface area (Å²) in [6.45, 7) is 2.37. The molecule has 9 heteroatoms. The molecule has 0 spiro atoms. The fourth-order valence-electron chi connectivity index (χ4n) is 3.97. The van der Waals surface area contributed by atoms with Gasteiger partial charge >= 0.3 is 0 Å². The monoisotopic (exact) mass is 464 g/mol. The predicted octanol–water partition coefficient (Wildman–Crippen LogP) is 5.09. The smallest absolute Gasteiger partial charge is 0.256 e. The number of pyridine rings is 2. The maximum atomic E-state index is 13.5. The first kappa shape index (κ1) is 20.8. The van der Waals surface area contributed by atoms with E-state index in [2.05, 4.69) is 20.4 Å². The highest BCUT2D eigenvalue weighted by Gasteiger charge is 2.19. The number of aryl methyl sites for hydroxylation is 1. The van der Waals surface area contributed by atoms with Crippen LogP contribution in [0.2, 0.25) is 0 Å². The Balaban J connectivity index is 1.42. The molecule has 0 radical (unpaired) electrons. The summed E-state index contributed by atoms with van der Waals surface area (Å²) in [5.41, 5.74) is 4.45. The van der Waals surface area contributed by atoms with Gasteiger partial charge in [-0.25, -0.2) is 14.6 Å². The minimum atomic E-state index is -0.279. The molecule has 1 N–H and O–H groups in total. The zero-order chi connectivity index (χ0) is 23.8. The van der Waals surface area contributed by atoms with Crippen molar-refractivity contribution < 1.29 is 13.6 Å². The molecule has 0 aliphatic heterocycles. The standard InChI is InChI=1S/C26H20N6O3/c1-2-24-30-22-11-17(7-8-23(22)35-24)29-26(33)19-12-21(16-5-3-9-27-13-16)31-25-20(19)14-28-32(25)15-18-6-4-10-34-18/h3-14H,2,15H2,1H3,(H,29,33). The highest BCUT2D eigenvalue weighted by molar-refractivity contribution is 6.13. The fraction of sp³-hybridized carbons (Fsp3) is 0.115. The van der Waals surface area contributed by atoms with E-state index in [1.807, 2.05) is 37.3 Å². The molecule has 0 saturated carbocycles.